The Morgan fingerprint density at radius 1 is 1.32 bits per heavy atom. The smallest absolute Gasteiger partial charge is 0.269 e. The van der Waals surface area contributed by atoms with Crippen LogP contribution in [0.4, 0.5) is 0 Å². The Balaban J connectivity index is 2.82. The fourth-order valence-electron chi connectivity index (χ4n) is 2.24. The lowest BCUT2D eigenvalue weighted by Crippen LogP contribution is -2.31. The Kier molecular flexibility index (Phi) is 4.60. The molecule has 0 aliphatic heterocycles. The molecule has 22 heavy (non-hydrogen) atoms. The molecule has 0 unspecified atom stereocenters. The van der Waals surface area contributed by atoms with Gasteiger partial charge in [0.2, 0.25) is 0 Å². The summed E-state index contributed by atoms with van der Waals surface area (Å²) in [6, 6.07) is 9.74. The van der Waals surface area contributed by atoms with Gasteiger partial charge in [-0.25, -0.2) is 0 Å². The lowest BCUT2D eigenvalue weighted by molar-refractivity contribution is 0.722. The normalized spacial score (nSPS) is 11.0. The van der Waals surface area contributed by atoms with Crippen LogP contribution >= 0.6 is 11.3 Å². The Hall–Kier alpha value is -2.63. The number of rotatable bonds is 2. The summed E-state index contributed by atoms with van der Waals surface area (Å²) < 4.78 is 2.43. The summed E-state index contributed by atoms with van der Waals surface area (Å²) in [5, 5.41) is 18.1. The molecule has 0 fully saturated rings. The van der Waals surface area contributed by atoms with E-state index in [1.54, 1.807) is 0 Å². The van der Waals surface area contributed by atoms with Gasteiger partial charge in [0.05, 0.1) is 4.53 Å². The second kappa shape index (κ2) is 6.43. The molecule has 1 aromatic carbocycles. The number of benzene rings is 1. The number of hydrogen-bond acceptors (Lipinski definition) is 4. The molecule has 0 N–H and O–H groups in total. The van der Waals surface area contributed by atoms with Gasteiger partial charge in [0.25, 0.3) is 5.56 Å². The average molecular weight is 309 g/mol. The Morgan fingerprint density at radius 3 is 2.55 bits per heavy atom. The van der Waals surface area contributed by atoms with Crippen LogP contribution in [0.1, 0.15) is 23.6 Å². The summed E-state index contributed by atoms with van der Waals surface area (Å²) in [5.41, 5.74) is 3.03. The van der Waals surface area contributed by atoms with Gasteiger partial charge in [0.15, 0.2) is 5.57 Å². The highest BCUT2D eigenvalue weighted by Gasteiger charge is 2.08. The average Bonchev–Trinajstić information content (AvgIpc) is 2.80. The van der Waals surface area contributed by atoms with Gasteiger partial charge in [-0.05, 0) is 38.0 Å². The third-order valence-corrected chi connectivity index (χ3v) is 4.50. The maximum atomic E-state index is 12.4. The van der Waals surface area contributed by atoms with Crippen molar-refractivity contribution in [2.75, 3.05) is 0 Å². The van der Waals surface area contributed by atoms with E-state index in [1.165, 1.54) is 15.9 Å². The molecular weight excluding hydrogens is 294 g/mol. The number of aromatic nitrogens is 1. The highest BCUT2D eigenvalue weighted by molar-refractivity contribution is 7.07. The molecular formula is C17H15N3OS. The van der Waals surface area contributed by atoms with E-state index in [0.717, 1.165) is 16.7 Å². The molecule has 2 aromatic rings. The Labute approximate surface area is 132 Å². The topological polar surface area (TPSA) is 69.6 Å². The number of thiazole rings is 1. The predicted octanol–water partition coefficient (Wildman–Crippen LogP) is 1.57. The van der Waals surface area contributed by atoms with Crippen LogP contribution in [-0.2, 0) is 6.54 Å². The third kappa shape index (κ3) is 2.86. The highest BCUT2D eigenvalue weighted by Crippen LogP contribution is 2.10. The maximum absolute atomic E-state index is 12.4. The largest absolute Gasteiger partial charge is 0.298 e. The first kappa shape index (κ1) is 15.8. The van der Waals surface area contributed by atoms with Gasteiger partial charge in [-0.15, -0.1) is 11.3 Å². The first-order chi connectivity index (χ1) is 10.5. The zero-order valence-corrected chi connectivity index (χ0v) is 13.5. The third-order valence-electron chi connectivity index (χ3n) is 3.37. The van der Waals surface area contributed by atoms with Crippen LogP contribution in [-0.4, -0.2) is 4.57 Å². The molecule has 1 aromatic heterocycles. The van der Waals surface area contributed by atoms with Crippen molar-refractivity contribution in [2.45, 2.75) is 27.3 Å². The SMILES string of the molecule is CCn1c(=C(C#N)C#N)s/c(=C/c2ccc(C)cc2C)c1=O. The van der Waals surface area contributed by atoms with E-state index in [4.69, 9.17) is 10.5 Å². The van der Waals surface area contributed by atoms with E-state index in [9.17, 15) is 4.79 Å². The number of hydrogen-bond donors (Lipinski definition) is 0. The minimum Gasteiger partial charge on any atom is -0.298 e. The first-order valence-electron chi connectivity index (χ1n) is 6.85. The van der Waals surface area contributed by atoms with E-state index < -0.39 is 0 Å². The number of aryl methyl sites for hydroxylation is 2. The second-order valence-electron chi connectivity index (χ2n) is 4.92. The highest BCUT2D eigenvalue weighted by atomic mass is 32.1. The number of nitrogens with zero attached hydrogens (tertiary/aromatic N) is 3. The van der Waals surface area contributed by atoms with Crippen LogP contribution < -0.4 is 14.8 Å². The van der Waals surface area contributed by atoms with Gasteiger partial charge in [-0.2, -0.15) is 10.5 Å². The van der Waals surface area contributed by atoms with Gasteiger partial charge in [0, 0.05) is 6.54 Å². The Bertz CT molecular complexity index is 965. The van der Waals surface area contributed by atoms with Crippen LogP contribution in [0.25, 0.3) is 11.6 Å². The number of nitriles is 2. The van der Waals surface area contributed by atoms with Crippen LogP contribution in [0.2, 0.25) is 0 Å². The monoisotopic (exact) mass is 309 g/mol. The second-order valence-corrected chi connectivity index (χ2v) is 5.95. The van der Waals surface area contributed by atoms with Gasteiger partial charge >= 0.3 is 0 Å². The molecule has 0 aliphatic carbocycles. The molecule has 0 atom stereocenters. The molecule has 1 heterocycles. The lowest BCUT2D eigenvalue weighted by atomic mass is 10.1. The molecule has 0 saturated heterocycles. The predicted molar refractivity (Wildman–Crippen MR) is 87.6 cm³/mol. The van der Waals surface area contributed by atoms with Crippen molar-refractivity contribution in [3.63, 3.8) is 0 Å². The molecule has 4 nitrogen and oxygen atoms in total. The fraction of sp³-hybridized carbons (Fsp3) is 0.235. The molecule has 2 rings (SSSR count). The van der Waals surface area contributed by atoms with Crippen molar-refractivity contribution < 1.29 is 0 Å². The summed E-state index contributed by atoms with van der Waals surface area (Å²) in [7, 11) is 0. The first-order valence-corrected chi connectivity index (χ1v) is 7.66. The fourth-order valence-corrected chi connectivity index (χ4v) is 3.35. The van der Waals surface area contributed by atoms with Crippen molar-refractivity contribution in [1.82, 2.24) is 4.57 Å². The molecule has 0 amide bonds. The van der Waals surface area contributed by atoms with Crippen molar-refractivity contribution in [3.05, 3.63) is 54.4 Å². The van der Waals surface area contributed by atoms with Gasteiger partial charge < -0.3 is 0 Å². The molecule has 110 valence electrons. The lowest BCUT2D eigenvalue weighted by Gasteiger charge is -2.00. The van der Waals surface area contributed by atoms with Crippen molar-refractivity contribution in [2.24, 2.45) is 0 Å². The van der Waals surface area contributed by atoms with E-state index >= 15 is 0 Å². The van der Waals surface area contributed by atoms with Crippen LogP contribution in [0.15, 0.2) is 23.0 Å². The van der Waals surface area contributed by atoms with E-state index in [1.807, 2.05) is 51.1 Å². The molecule has 0 aliphatic rings. The van der Waals surface area contributed by atoms with E-state index in [2.05, 4.69) is 6.07 Å². The molecule has 5 heteroatoms. The molecule has 0 saturated carbocycles. The van der Waals surface area contributed by atoms with Crippen molar-refractivity contribution in [3.8, 4) is 12.1 Å². The minimum absolute atomic E-state index is 0.0239. The standard InChI is InChI=1S/C17H15N3OS/c1-4-20-16(21)15(22-17(20)14(9-18)10-19)8-13-6-5-11(2)7-12(13)3/h5-8H,4H2,1-3H3/b15-8+. The van der Waals surface area contributed by atoms with Crippen LogP contribution in [0.3, 0.4) is 0 Å². The van der Waals surface area contributed by atoms with Gasteiger partial charge in [-0.1, -0.05) is 23.8 Å². The van der Waals surface area contributed by atoms with Gasteiger partial charge in [0.1, 0.15) is 16.8 Å². The van der Waals surface area contributed by atoms with Crippen molar-refractivity contribution >= 4 is 23.0 Å². The summed E-state index contributed by atoms with van der Waals surface area (Å²) in [5.74, 6) is 0. The quantitative estimate of drug-likeness (QED) is 0.845. The summed E-state index contributed by atoms with van der Waals surface area (Å²) in [6.45, 7) is 6.27. The summed E-state index contributed by atoms with van der Waals surface area (Å²) >= 11 is 1.19. The van der Waals surface area contributed by atoms with Crippen LogP contribution in [0, 0.1) is 36.5 Å². The summed E-state index contributed by atoms with van der Waals surface area (Å²) in [4.78, 5) is 12.4. The van der Waals surface area contributed by atoms with Crippen LogP contribution in [0.5, 0.6) is 0 Å². The van der Waals surface area contributed by atoms with Gasteiger partial charge in [-0.3, -0.25) is 9.36 Å². The van der Waals surface area contributed by atoms with Crippen molar-refractivity contribution in [1.29, 1.82) is 10.5 Å². The van der Waals surface area contributed by atoms with E-state index in [-0.39, 0.29) is 11.1 Å². The Morgan fingerprint density at radius 2 is 2.00 bits per heavy atom. The maximum Gasteiger partial charge on any atom is 0.269 e. The molecule has 0 spiro atoms. The van der Waals surface area contributed by atoms with E-state index in [0.29, 0.717) is 15.7 Å². The molecule has 0 bridgehead atoms. The zero-order valence-electron chi connectivity index (χ0n) is 12.7. The molecule has 0 radical (unpaired) electrons. The minimum atomic E-state index is -0.162. The zero-order chi connectivity index (χ0) is 16.3. The summed E-state index contributed by atoms with van der Waals surface area (Å²) in [6.07, 6.45) is 1.82.